The number of benzene rings is 2. The first-order valence-corrected chi connectivity index (χ1v) is 12.8. The van der Waals surface area contributed by atoms with Gasteiger partial charge in [0, 0.05) is 60.1 Å². The number of ether oxygens (including phenoxy) is 1. The number of thioether (sulfide) groups is 1. The fourth-order valence-corrected chi connectivity index (χ4v) is 5.78. The number of carbonyl (C=O) groups excluding carboxylic acids is 1. The standard InChI is InChI=1S/C26H27N5O2S/c32-25(31-10-9-23-20(15-31)18-5-1-3-7-21(18)27-23)17-34-26-19-6-2-4-8-22(19)28-24(29-26)16-30-11-13-33-14-12-30/h1-8,27H,9-17H2. The van der Waals surface area contributed by atoms with Crippen LogP contribution in [0.15, 0.2) is 53.6 Å². The van der Waals surface area contributed by atoms with Crippen LogP contribution < -0.4 is 0 Å². The Morgan fingerprint density at radius 3 is 2.68 bits per heavy atom. The van der Waals surface area contributed by atoms with Gasteiger partial charge in [0.15, 0.2) is 0 Å². The second-order valence-electron chi connectivity index (χ2n) is 8.83. The molecule has 1 N–H and O–H groups in total. The first-order chi connectivity index (χ1) is 16.7. The van der Waals surface area contributed by atoms with Crippen LogP contribution in [0.25, 0.3) is 21.8 Å². The summed E-state index contributed by atoms with van der Waals surface area (Å²) in [6, 6.07) is 16.4. The van der Waals surface area contributed by atoms with Crippen molar-refractivity contribution in [2.24, 2.45) is 0 Å². The highest BCUT2D eigenvalue weighted by Crippen LogP contribution is 2.29. The number of hydrogen-bond acceptors (Lipinski definition) is 6. The third-order valence-corrected chi connectivity index (χ3v) is 7.63. The fraction of sp³-hybridized carbons (Fsp3) is 0.346. The highest BCUT2D eigenvalue weighted by atomic mass is 32.2. The van der Waals surface area contributed by atoms with Crippen LogP contribution in [0.3, 0.4) is 0 Å². The van der Waals surface area contributed by atoms with Gasteiger partial charge in [-0.2, -0.15) is 0 Å². The Morgan fingerprint density at radius 1 is 1.00 bits per heavy atom. The molecule has 1 amide bonds. The smallest absolute Gasteiger partial charge is 0.233 e. The fourth-order valence-electron chi connectivity index (χ4n) is 4.83. The summed E-state index contributed by atoms with van der Waals surface area (Å²) >= 11 is 1.52. The first-order valence-electron chi connectivity index (χ1n) is 11.8. The summed E-state index contributed by atoms with van der Waals surface area (Å²) < 4.78 is 5.46. The molecule has 0 bridgehead atoms. The molecule has 0 saturated carbocycles. The molecule has 34 heavy (non-hydrogen) atoms. The number of morpholine rings is 1. The van der Waals surface area contributed by atoms with Crippen LogP contribution in [0.2, 0.25) is 0 Å². The number of aromatic nitrogens is 3. The number of amides is 1. The zero-order valence-corrected chi connectivity index (χ0v) is 19.8. The predicted molar refractivity (Wildman–Crippen MR) is 134 cm³/mol. The van der Waals surface area contributed by atoms with Gasteiger partial charge in [-0.3, -0.25) is 9.69 Å². The van der Waals surface area contributed by atoms with Gasteiger partial charge in [-0.05, 0) is 12.1 Å². The van der Waals surface area contributed by atoms with Crippen molar-refractivity contribution < 1.29 is 9.53 Å². The first kappa shape index (κ1) is 21.6. The number of fused-ring (bicyclic) bond motifs is 4. The summed E-state index contributed by atoms with van der Waals surface area (Å²) in [6.07, 6.45) is 0.862. The number of nitrogens with zero attached hydrogens (tertiary/aromatic N) is 4. The van der Waals surface area contributed by atoms with Crippen molar-refractivity contribution >= 4 is 39.5 Å². The lowest BCUT2D eigenvalue weighted by Gasteiger charge is -2.27. The Kier molecular flexibility index (Phi) is 5.95. The van der Waals surface area contributed by atoms with E-state index < -0.39 is 0 Å². The van der Waals surface area contributed by atoms with Gasteiger partial charge in [-0.1, -0.05) is 48.2 Å². The maximum Gasteiger partial charge on any atom is 0.233 e. The van der Waals surface area contributed by atoms with Crippen LogP contribution in [-0.2, 0) is 29.0 Å². The van der Waals surface area contributed by atoms with E-state index in [1.165, 1.54) is 28.4 Å². The van der Waals surface area contributed by atoms with Crippen LogP contribution in [0.1, 0.15) is 17.1 Å². The Balaban J connectivity index is 1.19. The minimum atomic E-state index is 0.151. The summed E-state index contributed by atoms with van der Waals surface area (Å²) in [6.45, 7) is 5.38. The Hall–Kier alpha value is -2.94. The molecule has 1 saturated heterocycles. The Bertz CT molecular complexity index is 1350. The Labute approximate surface area is 202 Å². The van der Waals surface area contributed by atoms with Crippen LogP contribution >= 0.6 is 11.8 Å². The van der Waals surface area contributed by atoms with Gasteiger partial charge in [0.1, 0.15) is 10.9 Å². The molecule has 1 fully saturated rings. The van der Waals surface area contributed by atoms with Crippen molar-refractivity contribution in [3.05, 3.63) is 65.6 Å². The third-order valence-electron chi connectivity index (χ3n) is 6.65. The molecular formula is C26H27N5O2S. The quantitative estimate of drug-likeness (QED) is 0.353. The molecule has 2 aliphatic heterocycles. The van der Waals surface area contributed by atoms with Crippen LogP contribution in [0.5, 0.6) is 0 Å². The van der Waals surface area contributed by atoms with E-state index in [-0.39, 0.29) is 5.91 Å². The molecule has 2 aromatic carbocycles. The van der Waals surface area contributed by atoms with E-state index in [4.69, 9.17) is 14.7 Å². The molecule has 174 valence electrons. The highest BCUT2D eigenvalue weighted by Gasteiger charge is 2.24. The number of H-pyrrole nitrogens is 1. The number of hydrogen-bond donors (Lipinski definition) is 1. The van der Waals surface area contributed by atoms with Crippen molar-refractivity contribution in [3.63, 3.8) is 0 Å². The molecule has 0 radical (unpaired) electrons. The molecule has 2 aliphatic rings. The second-order valence-corrected chi connectivity index (χ2v) is 9.80. The van der Waals surface area contributed by atoms with Gasteiger partial charge in [-0.25, -0.2) is 9.97 Å². The van der Waals surface area contributed by atoms with Gasteiger partial charge >= 0.3 is 0 Å². The molecular weight excluding hydrogens is 446 g/mol. The van der Waals surface area contributed by atoms with E-state index in [9.17, 15) is 4.79 Å². The zero-order chi connectivity index (χ0) is 22.9. The molecule has 4 heterocycles. The number of rotatable bonds is 5. The lowest BCUT2D eigenvalue weighted by atomic mass is 10.0. The number of para-hydroxylation sites is 2. The monoisotopic (exact) mass is 473 g/mol. The van der Waals surface area contributed by atoms with Crippen molar-refractivity contribution in [2.75, 3.05) is 38.6 Å². The minimum absolute atomic E-state index is 0.151. The highest BCUT2D eigenvalue weighted by molar-refractivity contribution is 8.00. The molecule has 6 rings (SSSR count). The van der Waals surface area contributed by atoms with E-state index in [1.54, 1.807) is 0 Å². The maximum atomic E-state index is 13.2. The Morgan fingerprint density at radius 2 is 1.79 bits per heavy atom. The molecule has 8 heteroatoms. The van der Waals surface area contributed by atoms with Gasteiger partial charge in [-0.15, -0.1) is 0 Å². The topological polar surface area (TPSA) is 74.4 Å². The van der Waals surface area contributed by atoms with Gasteiger partial charge in [0.2, 0.25) is 5.91 Å². The summed E-state index contributed by atoms with van der Waals surface area (Å²) in [7, 11) is 0. The van der Waals surface area contributed by atoms with Gasteiger partial charge in [0.05, 0.1) is 31.0 Å². The molecule has 7 nitrogen and oxygen atoms in total. The van der Waals surface area contributed by atoms with Crippen molar-refractivity contribution in [1.29, 1.82) is 0 Å². The SMILES string of the molecule is O=C(CSc1nc(CN2CCOCC2)nc2ccccc12)N1CCc2[nH]c3ccccc3c2C1. The molecule has 4 aromatic rings. The van der Waals surface area contributed by atoms with E-state index in [1.807, 2.05) is 35.2 Å². The van der Waals surface area contributed by atoms with Crippen molar-refractivity contribution in [2.45, 2.75) is 24.5 Å². The summed E-state index contributed by atoms with van der Waals surface area (Å²) in [4.78, 5) is 30.7. The number of carbonyl (C=O) groups is 1. The van der Waals surface area contributed by atoms with E-state index >= 15 is 0 Å². The van der Waals surface area contributed by atoms with Crippen molar-refractivity contribution in [3.8, 4) is 0 Å². The predicted octanol–water partition coefficient (Wildman–Crippen LogP) is 3.62. The van der Waals surface area contributed by atoms with E-state index in [0.717, 1.165) is 66.5 Å². The van der Waals surface area contributed by atoms with Crippen LogP contribution in [0.4, 0.5) is 0 Å². The lowest BCUT2D eigenvalue weighted by Crippen LogP contribution is -2.37. The van der Waals surface area contributed by atoms with Crippen LogP contribution in [-0.4, -0.2) is 69.3 Å². The summed E-state index contributed by atoms with van der Waals surface area (Å²) in [5.41, 5.74) is 4.58. The second kappa shape index (κ2) is 9.37. The summed E-state index contributed by atoms with van der Waals surface area (Å²) in [5, 5.41) is 3.10. The molecule has 0 spiro atoms. The third kappa shape index (κ3) is 4.29. The molecule has 0 unspecified atom stereocenters. The lowest BCUT2D eigenvalue weighted by molar-refractivity contribution is -0.129. The van der Waals surface area contributed by atoms with Gasteiger partial charge < -0.3 is 14.6 Å². The van der Waals surface area contributed by atoms with E-state index in [0.29, 0.717) is 18.8 Å². The van der Waals surface area contributed by atoms with Gasteiger partial charge in [0.25, 0.3) is 0 Å². The maximum absolute atomic E-state index is 13.2. The van der Waals surface area contributed by atoms with Crippen LogP contribution in [0, 0.1) is 0 Å². The largest absolute Gasteiger partial charge is 0.379 e. The minimum Gasteiger partial charge on any atom is -0.379 e. The molecule has 2 aromatic heterocycles. The average Bonchev–Trinajstić information content (AvgIpc) is 3.25. The normalized spacial score (nSPS) is 16.8. The van der Waals surface area contributed by atoms with Crippen molar-refractivity contribution in [1.82, 2.24) is 24.8 Å². The summed E-state index contributed by atoms with van der Waals surface area (Å²) in [5.74, 6) is 1.32. The molecule has 0 aliphatic carbocycles. The average molecular weight is 474 g/mol. The number of aromatic amines is 1. The number of nitrogens with one attached hydrogen (secondary N) is 1. The zero-order valence-electron chi connectivity index (χ0n) is 19.0. The van der Waals surface area contributed by atoms with E-state index in [2.05, 4.69) is 28.1 Å². The molecule has 0 atom stereocenters.